The standard InChI is InChI=1S/C16H18N4O8S2/c1-5(21)25-4-8-9(26-6(2)22)10(27-7(3)23)14(28-8)20-12-11(30-16(20)29)13(24)19-15(17)18-12/h8-10,14H,4H2,1-3H3,(H3,17,18,19,24)/t8-,9+,10-,14-/m1/s1. The number of nitrogen functional groups attached to an aromatic ring is 1. The molecule has 0 bridgehead atoms. The SMILES string of the molecule is CC(=O)OC[C@H]1O[C@@H](n2c(=S)sc3c(=O)[nH]c(N)nc32)[C@H](OC(C)=O)[C@H]1OC(C)=O. The van der Waals surface area contributed by atoms with Gasteiger partial charge in [-0.2, -0.15) is 4.98 Å². The first kappa shape index (κ1) is 21.9. The molecule has 1 aliphatic heterocycles. The maximum Gasteiger partial charge on any atom is 0.303 e. The molecule has 14 heteroatoms. The van der Waals surface area contributed by atoms with E-state index in [2.05, 4.69) is 9.97 Å². The van der Waals surface area contributed by atoms with Gasteiger partial charge in [-0.3, -0.25) is 28.7 Å². The summed E-state index contributed by atoms with van der Waals surface area (Å²) in [7, 11) is 0. The molecule has 0 spiro atoms. The van der Waals surface area contributed by atoms with Gasteiger partial charge in [-0.15, -0.1) is 0 Å². The molecule has 1 saturated heterocycles. The highest BCUT2D eigenvalue weighted by molar-refractivity contribution is 7.73. The second-order valence-electron chi connectivity index (χ2n) is 6.36. The lowest BCUT2D eigenvalue weighted by molar-refractivity contribution is -0.166. The van der Waals surface area contributed by atoms with Gasteiger partial charge in [0, 0.05) is 20.8 Å². The highest BCUT2D eigenvalue weighted by atomic mass is 32.1. The molecule has 162 valence electrons. The molecule has 0 aromatic carbocycles. The molecule has 0 saturated carbocycles. The molecule has 0 unspecified atom stereocenters. The number of esters is 3. The van der Waals surface area contributed by atoms with Crippen molar-refractivity contribution < 1.29 is 33.3 Å². The first-order valence-corrected chi connectivity index (χ1v) is 9.85. The summed E-state index contributed by atoms with van der Waals surface area (Å²) in [6, 6.07) is 0. The number of fused-ring (bicyclic) bond motifs is 1. The van der Waals surface area contributed by atoms with E-state index >= 15 is 0 Å². The summed E-state index contributed by atoms with van der Waals surface area (Å²) in [5, 5.41) is 0. The first-order chi connectivity index (χ1) is 14.1. The summed E-state index contributed by atoms with van der Waals surface area (Å²) in [5.74, 6) is -2.06. The number of aromatic nitrogens is 3. The molecule has 12 nitrogen and oxygen atoms in total. The van der Waals surface area contributed by atoms with Gasteiger partial charge in [0.05, 0.1) is 0 Å². The Morgan fingerprint density at radius 2 is 1.83 bits per heavy atom. The van der Waals surface area contributed by atoms with Crippen LogP contribution in [0.2, 0.25) is 0 Å². The number of nitrogens with zero attached hydrogens (tertiary/aromatic N) is 2. The van der Waals surface area contributed by atoms with E-state index in [0.29, 0.717) is 0 Å². The van der Waals surface area contributed by atoms with E-state index in [9.17, 15) is 19.2 Å². The Bertz CT molecular complexity index is 1120. The van der Waals surface area contributed by atoms with Crippen LogP contribution in [-0.2, 0) is 33.3 Å². The van der Waals surface area contributed by atoms with Gasteiger partial charge in [0.1, 0.15) is 17.4 Å². The minimum Gasteiger partial charge on any atom is -0.463 e. The number of aromatic amines is 1. The number of anilines is 1. The summed E-state index contributed by atoms with van der Waals surface area (Å²) in [5.41, 5.74) is 5.27. The molecule has 0 aliphatic carbocycles. The van der Waals surface area contributed by atoms with E-state index in [1.807, 2.05) is 0 Å². The van der Waals surface area contributed by atoms with Crippen molar-refractivity contribution in [3.8, 4) is 0 Å². The second-order valence-corrected chi connectivity index (χ2v) is 8.00. The van der Waals surface area contributed by atoms with E-state index in [1.54, 1.807) is 0 Å². The molecule has 0 radical (unpaired) electrons. The van der Waals surface area contributed by atoms with Crippen LogP contribution in [0.3, 0.4) is 0 Å². The Morgan fingerprint density at radius 3 is 2.43 bits per heavy atom. The van der Waals surface area contributed by atoms with Crippen molar-refractivity contribution in [2.45, 2.75) is 45.3 Å². The van der Waals surface area contributed by atoms with Crippen LogP contribution >= 0.6 is 23.6 Å². The number of nitrogens with one attached hydrogen (secondary N) is 1. The van der Waals surface area contributed by atoms with E-state index in [1.165, 1.54) is 25.3 Å². The molecule has 3 rings (SSSR count). The number of rotatable bonds is 5. The lowest BCUT2D eigenvalue weighted by Crippen LogP contribution is -2.40. The van der Waals surface area contributed by atoms with Gasteiger partial charge in [0.2, 0.25) is 5.95 Å². The molecular formula is C16H18N4O8S2. The third-order valence-corrected chi connectivity index (χ3v) is 5.48. The number of carbonyl (C=O) groups is 3. The number of hydrogen-bond donors (Lipinski definition) is 2. The van der Waals surface area contributed by atoms with Crippen LogP contribution in [0.5, 0.6) is 0 Å². The van der Waals surface area contributed by atoms with Gasteiger partial charge in [-0.05, 0) is 12.2 Å². The van der Waals surface area contributed by atoms with Crippen LogP contribution < -0.4 is 11.3 Å². The average Bonchev–Trinajstić information content (AvgIpc) is 3.10. The van der Waals surface area contributed by atoms with Crippen LogP contribution in [0.4, 0.5) is 5.95 Å². The van der Waals surface area contributed by atoms with E-state index in [0.717, 1.165) is 11.3 Å². The molecule has 1 fully saturated rings. The Kier molecular flexibility index (Phi) is 6.19. The lowest BCUT2D eigenvalue weighted by atomic mass is 10.1. The summed E-state index contributed by atoms with van der Waals surface area (Å²) >= 11 is 6.32. The monoisotopic (exact) mass is 458 g/mol. The lowest BCUT2D eigenvalue weighted by Gasteiger charge is -2.23. The fourth-order valence-electron chi connectivity index (χ4n) is 3.07. The zero-order chi connectivity index (χ0) is 22.2. The van der Waals surface area contributed by atoms with Crippen molar-refractivity contribution in [1.29, 1.82) is 0 Å². The molecule has 3 heterocycles. The van der Waals surface area contributed by atoms with E-state index < -0.39 is 48.0 Å². The fraction of sp³-hybridized carbons (Fsp3) is 0.500. The van der Waals surface area contributed by atoms with Gasteiger partial charge in [-0.1, -0.05) is 11.3 Å². The zero-order valence-corrected chi connectivity index (χ0v) is 17.7. The Balaban J connectivity index is 2.13. The third kappa shape index (κ3) is 4.34. The van der Waals surface area contributed by atoms with Crippen LogP contribution in [0.25, 0.3) is 10.3 Å². The Labute approximate surface area is 177 Å². The fourth-order valence-corrected chi connectivity index (χ4v) is 4.35. The minimum absolute atomic E-state index is 0.114. The number of carbonyl (C=O) groups excluding carboxylic acids is 3. The largest absolute Gasteiger partial charge is 0.463 e. The minimum atomic E-state index is -1.15. The predicted octanol–water partition coefficient (Wildman–Crippen LogP) is 0.422. The quantitative estimate of drug-likeness (QED) is 0.362. The molecule has 4 atom stereocenters. The molecule has 30 heavy (non-hydrogen) atoms. The van der Waals surface area contributed by atoms with Crippen LogP contribution in [0.1, 0.15) is 27.0 Å². The predicted molar refractivity (Wildman–Crippen MR) is 105 cm³/mol. The number of thiazole rings is 1. The first-order valence-electron chi connectivity index (χ1n) is 8.62. The van der Waals surface area contributed by atoms with Crippen LogP contribution in [0, 0.1) is 3.95 Å². The highest BCUT2D eigenvalue weighted by Crippen LogP contribution is 2.37. The van der Waals surface area contributed by atoms with Gasteiger partial charge >= 0.3 is 17.9 Å². The van der Waals surface area contributed by atoms with Crippen LogP contribution in [0.15, 0.2) is 4.79 Å². The number of hydrogen-bond acceptors (Lipinski definition) is 12. The van der Waals surface area contributed by atoms with Gasteiger partial charge < -0.3 is 24.7 Å². The topological polar surface area (TPSA) is 165 Å². The summed E-state index contributed by atoms with van der Waals surface area (Å²) in [6.07, 6.45) is -4.34. The number of ether oxygens (including phenoxy) is 4. The molecule has 0 amide bonds. The zero-order valence-electron chi connectivity index (χ0n) is 16.1. The smallest absolute Gasteiger partial charge is 0.303 e. The van der Waals surface area contributed by atoms with Crippen molar-refractivity contribution in [1.82, 2.24) is 14.5 Å². The second kappa shape index (κ2) is 8.49. The molecule has 1 aliphatic rings. The highest BCUT2D eigenvalue weighted by Gasteiger charge is 2.51. The summed E-state index contributed by atoms with van der Waals surface area (Å²) in [6.45, 7) is 3.28. The molecular weight excluding hydrogens is 440 g/mol. The van der Waals surface area contributed by atoms with E-state index in [-0.39, 0.29) is 26.9 Å². The summed E-state index contributed by atoms with van der Waals surface area (Å²) < 4.78 is 23.3. The van der Waals surface area contributed by atoms with Gasteiger partial charge in [0.15, 0.2) is 28.0 Å². The van der Waals surface area contributed by atoms with Gasteiger partial charge in [-0.25, -0.2) is 0 Å². The third-order valence-electron chi connectivity index (χ3n) is 4.09. The Morgan fingerprint density at radius 1 is 1.20 bits per heavy atom. The number of H-pyrrole nitrogens is 1. The van der Waals surface area contributed by atoms with Gasteiger partial charge in [0.25, 0.3) is 5.56 Å². The van der Waals surface area contributed by atoms with Crippen molar-refractivity contribution in [3.05, 3.63) is 14.3 Å². The van der Waals surface area contributed by atoms with Crippen LogP contribution in [-0.4, -0.2) is 57.4 Å². The maximum atomic E-state index is 12.2. The van der Waals surface area contributed by atoms with Crippen molar-refractivity contribution in [2.75, 3.05) is 12.3 Å². The normalized spacial score (nSPS) is 23.3. The molecule has 3 N–H and O–H groups in total. The van der Waals surface area contributed by atoms with E-state index in [4.69, 9.17) is 36.9 Å². The Hall–Kier alpha value is -2.84. The van der Waals surface area contributed by atoms with Crippen molar-refractivity contribution in [2.24, 2.45) is 0 Å². The molecule has 2 aromatic heterocycles. The average molecular weight is 458 g/mol. The number of nitrogens with two attached hydrogens (primary N) is 1. The molecule has 2 aromatic rings. The maximum absolute atomic E-state index is 12.2. The van der Waals surface area contributed by atoms with Crippen molar-refractivity contribution in [3.63, 3.8) is 0 Å². The summed E-state index contributed by atoms with van der Waals surface area (Å²) in [4.78, 5) is 53.4. The van der Waals surface area contributed by atoms with Crippen molar-refractivity contribution >= 4 is 57.8 Å².